The number of methoxy groups -OCH3 is 2. The lowest BCUT2D eigenvalue weighted by atomic mass is 10.0. The Hall–Kier alpha value is -1.19. The highest BCUT2D eigenvalue weighted by molar-refractivity contribution is 9.09. The second-order valence-corrected chi connectivity index (χ2v) is 5.37. The number of hydrogen-bond acceptors (Lipinski definition) is 2. The van der Waals surface area contributed by atoms with Crippen molar-refractivity contribution in [3.8, 4) is 11.5 Å². The van der Waals surface area contributed by atoms with Gasteiger partial charge in [0.25, 0.3) is 0 Å². The van der Waals surface area contributed by atoms with Crippen molar-refractivity contribution in [3.05, 3.63) is 58.6 Å². The van der Waals surface area contributed by atoms with Gasteiger partial charge in [-0.15, -0.1) is 0 Å². The fourth-order valence-electron chi connectivity index (χ4n) is 1.85. The molecular weight excluding hydrogens is 328 g/mol. The minimum Gasteiger partial charge on any atom is -0.497 e. The smallest absolute Gasteiger partial charge is 0.123 e. The van der Waals surface area contributed by atoms with Crippen LogP contribution in [0.15, 0.2) is 42.5 Å². The van der Waals surface area contributed by atoms with Crippen molar-refractivity contribution in [2.45, 2.75) is 4.83 Å². The monoisotopic (exact) mass is 340 g/mol. The molecule has 100 valence electrons. The molecule has 0 aliphatic heterocycles. The summed E-state index contributed by atoms with van der Waals surface area (Å²) in [5, 5.41) is 0.723. The lowest BCUT2D eigenvalue weighted by Gasteiger charge is -2.16. The first-order chi connectivity index (χ1) is 9.15. The van der Waals surface area contributed by atoms with Gasteiger partial charge in [0.15, 0.2) is 0 Å². The normalized spacial score (nSPS) is 12.0. The third-order valence-electron chi connectivity index (χ3n) is 2.87. The summed E-state index contributed by atoms with van der Waals surface area (Å²) in [6.45, 7) is 0. The van der Waals surface area contributed by atoms with Crippen LogP contribution < -0.4 is 9.47 Å². The second-order valence-electron chi connectivity index (χ2n) is 4.02. The van der Waals surface area contributed by atoms with Gasteiger partial charge in [0.2, 0.25) is 0 Å². The third kappa shape index (κ3) is 3.23. The van der Waals surface area contributed by atoms with E-state index in [0.29, 0.717) is 0 Å². The Morgan fingerprint density at radius 3 is 2.26 bits per heavy atom. The molecular formula is C15H14BrClO2. The molecule has 1 unspecified atom stereocenters. The molecule has 0 aliphatic rings. The maximum Gasteiger partial charge on any atom is 0.123 e. The van der Waals surface area contributed by atoms with Gasteiger partial charge in [-0.3, -0.25) is 0 Å². The number of alkyl halides is 1. The van der Waals surface area contributed by atoms with Crippen LogP contribution in [0, 0.1) is 0 Å². The highest BCUT2D eigenvalue weighted by Gasteiger charge is 2.16. The van der Waals surface area contributed by atoms with Crippen molar-refractivity contribution < 1.29 is 9.47 Å². The zero-order valence-electron chi connectivity index (χ0n) is 10.7. The molecule has 0 fully saturated rings. The van der Waals surface area contributed by atoms with Gasteiger partial charge < -0.3 is 9.47 Å². The summed E-state index contributed by atoms with van der Waals surface area (Å²) in [7, 11) is 3.31. The number of halogens is 2. The highest BCUT2D eigenvalue weighted by atomic mass is 79.9. The quantitative estimate of drug-likeness (QED) is 0.741. The topological polar surface area (TPSA) is 18.5 Å². The molecule has 4 heteroatoms. The van der Waals surface area contributed by atoms with Crippen LogP contribution in [-0.4, -0.2) is 14.2 Å². The molecule has 0 aromatic heterocycles. The fraction of sp³-hybridized carbons (Fsp3) is 0.200. The van der Waals surface area contributed by atoms with Crippen LogP contribution in [0.5, 0.6) is 11.5 Å². The predicted molar refractivity (Wildman–Crippen MR) is 81.8 cm³/mol. The Bertz CT molecular complexity index is 555. The van der Waals surface area contributed by atoms with Gasteiger partial charge in [-0.25, -0.2) is 0 Å². The van der Waals surface area contributed by atoms with Gasteiger partial charge in [-0.2, -0.15) is 0 Å². The van der Waals surface area contributed by atoms with E-state index in [1.807, 2.05) is 42.5 Å². The molecule has 0 N–H and O–H groups in total. The van der Waals surface area contributed by atoms with Crippen LogP contribution in [0.25, 0.3) is 0 Å². The van der Waals surface area contributed by atoms with E-state index >= 15 is 0 Å². The van der Waals surface area contributed by atoms with Gasteiger partial charge in [-0.1, -0.05) is 39.7 Å². The van der Waals surface area contributed by atoms with Crippen molar-refractivity contribution in [3.63, 3.8) is 0 Å². The summed E-state index contributed by atoms with van der Waals surface area (Å²) >= 11 is 9.60. The zero-order chi connectivity index (χ0) is 13.8. The van der Waals surface area contributed by atoms with E-state index in [4.69, 9.17) is 21.1 Å². The molecule has 0 aliphatic carbocycles. The molecule has 0 heterocycles. The van der Waals surface area contributed by atoms with Crippen LogP contribution in [0.1, 0.15) is 16.0 Å². The maximum absolute atomic E-state index is 5.91. The molecule has 2 aromatic rings. The minimum atomic E-state index is 0.0230. The minimum absolute atomic E-state index is 0.0230. The van der Waals surface area contributed by atoms with Gasteiger partial charge in [-0.05, 0) is 35.9 Å². The SMILES string of the molecule is COc1ccc(OC)c(C(Br)c2ccc(Cl)cc2)c1. The van der Waals surface area contributed by atoms with E-state index in [1.54, 1.807) is 14.2 Å². The first-order valence-corrected chi connectivity index (χ1v) is 7.06. The number of ether oxygens (including phenoxy) is 2. The largest absolute Gasteiger partial charge is 0.497 e. The van der Waals surface area contributed by atoms with E-state index in [9.17, 15) is 0 Å². The number of hydrogen-bond donors (Lipinski definition) is 0. The Kier molecular flexibility index (Phi) is 4.72. The standard InChI is InChI=1S/C15H14BrClO2/c1-18-12-7-8-14(19-2)13(9-12)15(16)10-3-5-11(17)6-4-10/h3-9,15H,1-2H3. The molecule has 1 atom stereocenters. The predicted octanol–water partition coefficient (Wildman–Crippen LogP) is 4.84. The molecule has 0 spiro atoms. The first kappa shape index (κ1) is 14.2. The average molecular weight is 342 g/mol. The van der Waals surface area contributed by atoms with Gasteiger partial charge in [0, 0.05) is 10.6 Å². The van der Waals surface area contributed by atoms with Crippen molar-refractivity contribution in [1.82, 2.24) is 0 Å². The molecule has 0 radical (unpaired) electrons. The summed E-state index contributed by atoms with van der Waals surface area (Å²) in [6, 6.07) is 13.5. The van der Waals surface area contributed by atoms with E-state index in [2.05, 4.69) is 15.9 Å². The molecule has 0 saturated heterocycles. The molecule has 0 amide bonds. The van der Waals surface area contributed by atoms with Crippen molar-refractivity contribution in [2.75, 3.05) is 14.2 Å². The summed E-state index contributed by atoms with van der Waals surface area (Å²) in [5.74, 6) is 1.62. The van der Waals surface area contributed by atoms with Crippen LogP contribution in [-0.2, 0) is 0 Å². The Balaban J connectivity index is 2.41. The van der Waals surface area contributed by atoms with Gasteiger partial charge in [0.05, 0.1) is 19.0 Å². The number of benzene rings is 2. The van der Waals surface area contributed by atoms with Crippen LogP contribution >= 0.6 is 27.5 Å². The molecule has 2 rings (SSSR count). The lowest BCUT2D eigenvalue weighted by molar-refractivity contribution is 0.399. The Morgan fingerprint density at radius 2 is 1.68 bits per heavy atom. The van der Waals surface area contributed by atoms with Gasteiger partial charge in [0.1, 0.15) is 11.5 Å². The van der Waals surface area contributed by atoms with Gasteiger partial charge >= 0.3 is 0 Å². The maximum atomic E-state index is 5.91. The van der Waals surface area contributed by atoms with E-state index < -0.39 is 0 Å². The summed E-state index contributed by atoms with van der Waals surface area (Å²) in [5.41, 5.74) is 2.13. The summed E-state index contributed by atoms with van der Waals surface area (Å²) in [6.07, 6.45) is 0. The summed E-state index contributed by atoms with van der Waals surface area (Å²) in [4.78, 5) is 0.0230. The average Bonchev–Trinajstić information content (AvgIpc) is 2.46. The van der Waals surface area contributed by atoms with Crippen LogP contribution in [0.2, 0.25) is 5.02 Å². The zero-order valence-corrected chi connectivity index (χ0v) is 13.0. The molecule has 2 nitrogen and oxygen atoms in total. The lowest BCUT2D eigenvalue weighted by Crippen LogP contribution is -1.98. The molecule has 0 bridgehead atoms. The Labute approximate surface area is 126 Å². The van der Waals surface area contributed by atoms with Crippen molar-refractivity contribution in [1.29, 1.82) is 0 Å². The fourth-order valence-corrected chi connectivity index (χ4v) is 2.64. The molecule has 19 heavy (non-hydrogen) atoms. The van der Waals surface area contributed by atoms with Crippen molar-refractivity contribution >= 4 is 27.5 Å². The Morgan fingerprint density at radius 1 is 1.00 bits per heavy atom. The number of rotatable bonds is 4. The third-order valence-corrected chi connectivity index (χ3v) is 4.15. The van der Waals surface area contributed by atoms with Crippen LogP contribution in [0.4, 0.5) is 0 Å². The van der Waals surface area contributed by atoms with E-state index in [1.165, 1.54) is 0 Å². The molecule has 2 aromatic carbocycles. The molecule has 0 saturated carbocycles. The summed E-state index contributed by atoms with van der Waals surface area (Å²) < 4.78 is 10.7. The van der Waals surface area contributed by atoms with Crippen LogP contribution in [0.3, 0.4) is 0 Å². The van der Waals surface area contributed by atoms with E-state index in [0.717, 1.165) is 27.6 Å². The first-order valence-electron chi connectivity index (χ1n) is 5.77. The van der Waals surface area contributed by atoms with E-state index in [-0.39, 0.29) is 4.83 Å². The van der Waals surface area contributed by atoms with Crippen molar-refractivity contribution in [2.24, 2.45) is 0 Å². The highest BCUT2D eigenvalue weighted by Crippen LogP contribution is 2.38. The second kappa shape index (κ2) is 6.31.